The second-order valence-electron chi connectivity index (χ2n) is 6.97. The number of para-hydroxylation sites is 1. The summed E-state index contributed by atoms with van der Waals surface area (Å²) in [5, 5.41) is 0. The van der Waals surface area contributed by atoms with Crippen molar-refractivity contribution in [2.24, 2.45) is 0 Å². The zero-order valence-electron chi connectivity index (χ0n) is 16.0. The van der Waals surface area contributed by atoms with Crippen LogP contribution >= 0.6 is 0 Å². The van der Waals surface area contributed by atoms with Crippen molar-refractivity contribution in [2.75, 3.05) is 11.5 Å². The fourth-order valence-electron chi connectivity index (χ4n) is 3.74. The first-order chi connectivity index (χ1) is 12.4. The van der Waals surface area contributed by atoms with Crippen molar-refractivity contribution in [1.29, 1.82) is 0 Å². The fourth-order valence-corrected chi connectivity index (χ4v) is 3.74. The second-order valence-corrected chi connectivity index (χ2v) is 6.97. The van der Waals surface area contributed by atoms with E-state index in [0.717, 1.165) is 61.4 Å². The van der Waals surface area contributed by atoms with Crippen LogP contribution in [0.1, 0.15) is 22.3 Å². The first-order valence-corrected chi connectivity index (χ1v) is 8.76. The van der Waals surface area contributed by atoms with Gasteiger partial charge in [0.1, 0.15) is 11.0 Å². The lowest BCUT2D eigenvalue weighted by Gasteiger charge is -2.14. The molecule has 5 heteroatoms. The van der Waals surface area contributed by atoms with Crippen LogP contribution in [-0.2, 0) is 0 Å². The molecule has 0 aliphatic heterocycles. The van der Waals surface area contributed by atoms with Crippen LogP contribution in [0.4, 0.5) is 11.4 Å². The highest BCUT2D eigenvalue weighted by Gasteiger charge is 2.26. The topological polar surface area (TPSA) is 68.8 Å². The highest BCUT2D eigenvalue weighted by atomic mass is 35.5. The van der Waals surface area contributed by atoms with Gasteiger partial charge in [0.2, 0.25) is 16.7 Å². The molecule has 4 aromatic rings. The molecule has 0 aliphatic carbocycles. The van der Waals surface area contributed by atoms with Crippen LogP contribution in [0.5, 0.6) is 0 Å². The number of aryl methyl sites for hydroxylation is 3. The van der Waals surface area contributed by atoms with Crippen molar-refractivity contribution in [3.63, 3.8) is 0 Å². The van der Waals surface area contributed by atoms with E-state index < -0.39 is 0 Å². The lowest BCUT2D eigenvalue weighted by atomic mass is 9.99. The van der Waals surface area contributed by atoms with E-state index in [1.165, 1.54) is 0 Å². The maximum Gasteiger partial charge on any atom is 0.242 e. The molecule has 0 atom stereocenters. The summed E-state index contributed by atoms with van der Waals surface area (Å²) in [6, 6.07) is 14.3. The number of aromatic nitrogens is 2. The maximum atomic E-state index is 6.43. The molecule has 4 rings (SSSR count). The predicted molar refractivity (Wildman–Crippen MR) is 109 cm³/mol. The third kappa shape index (κ3) is 2.77. The Balaban J connectivity index is 0.00000210. The zero-order valence-corrected chi connectivity index (χ0v) is 16.7. The van der Waals surface area contributed by atoms with E-state index in [9.17, 15) is 0 Å². The standard InChI is InChI=1S/C22H22N4.ClH/c1-12-10-16(23)11-18-20(12)25-21-14(3)13(2)19(24)15(4)22(21)26(18)17-8-6-5-7-9-17;/h5-11H,1-4H3,(H3,23,24);1H. The van der Waals surface area contributed by atoms with Crippen LogP contribution in [-0.4, -0.2) is 4.98 Å². The summed E-state index contributed by atoms with van der Waals surface area (Å²) in [5.41, 5.74) is 23.5. The van der Waals surface area contributed by atoms with Gasteiger partial charge in [0.05, 0.1) is 0 Å². The molecule has 0 saturated heterocycles. The molecule has 0 radical (unpaired) electrons. The number of rotatable bonds is 1. The third-order valence-electron chi connectivity index (χ3n) is 5.31. The van der Waals surface area contributed by atoms with Gasteiger partial charge in [-0.15, -0.1) is 4.57 Å². The van der Waals surface area contributed by atoms with Gasteiger partial charge < -0.3 is 23.9 Å². The minimum Gasteiger partial charge on any atom is -1.00 e. The minimum absolute atomic E-state index is 0. The first kappa shape index (κ1) is 18.9. The molecule has 0 saturated carbocycles. The molecule has 3 aromatic carbocycles. The second kappa shape index (κ2) is 6.71. The number of nitrogens with two attached hydrogens (primary N) is 2. The Morgan fingerprint density at radius 3 is 2.15 bits per heavy atom. The van der Waals surface area contributed by atoms with Crippen LogP contribution in [0.25, 0.3) is 27.8 Å². The van der Waals surface area contributed by atoms with Gasteiger partial charge in [0.25, 0.3) is 0 Å². The lowest BCUT2D eigenvalue weighted by molar-refractivity contribution is -0.538. The highest BCUT2D eigenvalue weighted by molar-refractivity contribution is 5.92. The molecule has 4 nitrogen and oxygen atoms in total. The summed E-state index contributed by atoms with van der Waals surface area (Å²) >= 11 is 0. The average molecular weight is 379 g/mol. The van der Waals surface area contributed by atoms with Crippen LogP contribution < -0.4 is 28.4 Å². The molecule has 0 spiro atoms. The number of anilines is 2. The summed E-state index contributed by atoms with van der Waals surface area (Å²) < 4.78 is 2.24. The van der Waals surface area contributed by atoms with Gasteiger partial charge in [-0.05, 0) is 50.5 Å². The van der Waals surface area contributed by atoms with E-state index in [4.69, 9.17) is 16.5 Å². The number of nitrogen functional groups attached to an aromatic ring is 2. The Kier molecular flexibility index (Phi) is 4.70. The summed E-state index contributed by atoms with van der Waals surface area (Å²) in [7, 11) is 0. The summed E-state index contributed by atoms with van der Waals surface area (Å²) in [5.74, 6) is 0. The summed E-state index contributed by atoms with van der Waals surface area (Å²) in [6.45, 7) is 8.27. The van der Waals surface area contributed by atoms with E-state index >= 15 is 0 Å². The quantitative estimate of drug-likeness (QED) is 0.296. The first-order valence-electron chi connectivity index (χ1n) is 8.76. The van der Waals surface area contributed by atoms with Crippen LogP contribution in [0.3, 0.4) is 0 Å². The predicted octanol–water partition coefficient (Wildman–Crippen LogP) is 1.07. The normalized spacial score (nSPS) is 11.0. The van der Waals surface area contributed by atoms with Gasteiger partial charge in [-0.2, -0.15) is 0 Å². The summed E-state index contributed by atoms with van der Waals surface area (Å²) in [4.78, 5) is 5.03. The monoisotopic (exact) mass is 378 g/mol. The molecule has 4 N–H and O–H groups in total. The Labute approximate surface area is 165 Å². The lowest BCUT2D eigenvalue weighted by Crippen LogP contribution is -3.00. The molecule has 0 unspecified atom stereocenters. The molecule has 138 valence electrons. The minimum atomic E-state index is 0. The number of halogens is 1. The molecule has 0 aliphatic rings. The zero-order chi connectivity index (χ0) is 18.6. The molecule has 0 bridgehead atoms. The van der Waals surface area contributed by atoms with Gasteiger partial charge in [0, 0.05) is 35.1 Å². The largest absolute Gasteiger partial charge is 1.00 e. The van der Waals surface area contributed by atoms with Crippen LogP contribution in [0, 0.1) is 27.7 Å². The molecule has 1 heterocycles. The fraction of sp³-hybridized carbons (Fsp3) is 0.182. The molecule has 1 aromatic heterocycles. The number of fused-ring (bicyclic) bond motifs is 2. The molecular formula is C22H23ClN4. The third-order valence-corrected chi connectivity index (χ3v) is 5.31. The smallest absolute Gasteiger partial charge is 0.242 e. The molecule has 0 amide bonds. The van der Waals surface area contributed by atoms with Gasteiger partial charge in [-0.1, -0.05) is 18.2 Å². The number of hydrogen-bond donors (Lipinski definition) is 2. The Hall–Kier alpha value is -2.85. The van der Waals surface area contributed by atoms with E-state index in [-0.39, 0.29) is 12.4 Å². The molecule has 0 fully saturated rings. The SMILES string of the molecule is Cc1c(N)c(C)c2c(nc3c(C)cc(N)cc3[n+]2-c2ccccc2)c1C.[Cl-]. The van der Waals surface area contributed by atoms with Crippen molar-refractivity contribution < 1.29 is 17.0 Å². The van der Waals surface area contributed by atoms with E-state index in [1.54, 1.807) is 0 Å². The van der Waals surface area contributed by atoms with Gasteiger partial charge in [0.15, 0.2) is 0 Å². The van der Waals surface area contributed by atoms with Gasteiger partial charge >= 0.3 is 0 Å². The average Bonchev–Trinajstić information content (AvgIpc) is 2.64. The number of nitrogens with zero attached hydrogens (tertiary/aromatic N) is 2. The Bertz CT molecular complexity index is 1180. The van der Waals surface area contributed by atoms with Gasteiger partial charge in [-0.3, -0.25) is 0 Å². The van der Waals surface area contributed by atoms with Crippen molar-refractivity contribution in [1.82, 2.24) is 4.98 Å². The number of hydrogen-bond acceptors (Lipinski definition) is 3. The van der Waals surface area contributed by atoms with E-state index in [0.29, 0.717) is 0 Å². The van der Waals surface area contributed by atoms with Crippen LogP contribution in [0.15, 0.2) is 42.5 Å². The maximum absolute atomic E-state index is 6.43. The Morgan fingerprint density at radius 1 is 0.815 bits per heavy atom. The van der Waals surface area contributed by atoms with Crippen molar-refractivity contribution in [3.05, 3.63) is 64.7 Å². The highest BCUT2D eigenvalue weighted by Crippen LogP contribution is 2.31. The summed E-state index contributed by atoms with van der Waals surface area (Å²) in [6.07, 6.45) is 0. The van der Waals surface area contributed by atoms with Crippen molar-refractivity contribution in [2.45, 2.75) is 27.7 Å². The van der Waals surface area contributed by atoms with Crippen molar-refractivity contribution >= 4 is 33.4 Å². The molecular weight excluding hydrogens is 356 g/mol. The Morgan fingerprint density at radius 2 is 1.48 bits per heavy atom. The van der Waals surface area contributed by atoms with E-state index in [2.05, 4.69) is 44.4 Å². The van der Waals surface area contributed by atoms with Gasteiger partial charge in [-0.25, -0.2) is 4.98 Å². The van der Waals surface area contributed by atoms with E-state index in [1.807, 2.05) is 30.3 Å². The number of benzene rings is 3. The van der Waals surface area contributed by atoms with Crippen molar-refractivity contribution in [3.8, 4) is 5.69 Å². The molecule has 27 heavy (non-hydrogen) atoms. The van der Waals surface area contributed by atoms with Crippen LogP contribution in [0.2, 0.25) is 0 Å².